The number of unbranched alkanes of at least 4 members (excludes halogenated alkanes) is 1. The van der Waals surface area contributed by atoms with Crippen LogP contribution in [0.5, 0.6) is 17.2 Å². The lowest BCUT2D eigenvalue weighted by Crippen LogP contribution is -2.39. The molecule has 0 saturated carbocycles. The normalized spacial score (nSPS) is 13.2. The van der Waals surface area contributed by atoms with Gasteiger partial charge in [-0.1, -0.05) is 74.9 Å². The lowest BCUT2D eigenvalue weighted by atomic mass is 10.1. The smallest absolute Gasteiger partial charge is 0.323 e. The minimum atomic E-state index is -1.18. The molecule has 4 aromatic carbocycles. The van der Waals surface area contributed by atoms with Gasteiger partial charge in [-0.25, -0.2) is 0 Å². The number of carbonyl (C=O) groups is 9. The van der Waals surface area contributed by atoms with Crippen molar-refractivity contribution in [3.8, 4) is 17.2 Å². The Bertz CT molecular complexity index is 2790. The van der Waals surface area contributed by atoms with E-state index in [2.05, 4.69) is 30.2 Å². The molecule has 5 rings (SSSR count). The van der Waals surface area contributed by atoms with E-state index in [4.69, 9.17) is 124 Å². The number of carboxylic acid groups (broad SMARTS) is 9. The molecule has 0 aliphatic carbocycles. The van der Waals surface area contributed by atoms with Crippen molar-refractivity contribution in [1.82, 2.24) is 4.98 Å². The van der Waals surface area contributed by atoms with Gasteiger partial charge in [0.05, 0.1) is 6.10 Å². The molecule has 0 aliphatic rings. The molecule has 0 bridgehead atoms. The van der Waals surface area contributed by atoms with E-state index in [9.17, 15) is 43.2 Å². The molecule has 1 aromatic heterocycles. The SMILES string of the molecule is CC(C)[C@H](N)C(=O)O.C[C@@H](O)[C@H](N)C(=O)O.NCCCC[C@H](N)C(=O)O.N[C@@H](CS)C(=O)O.N[C@@H](CS)C(=O)O.N[C@@H](Cc1ccc(O)cc1)C(=O)O.N[C@@H](Cc1ccc(O)cc1)C(=O)O.N[C@H](Cc1c[nH]c2ccccc12)C(=O)O.N[C@H](Cc1ccc(O)cc1)C(=O)O. The largest absolute Gasteiger partial charge is 0.508 e. The van der Waals surface area contributed by atoms with Crippen LogP contribution in [0.25, 0.3) is 10.9 Å². The number of phenolic OH excluding ortho intramolecular Hbond substituents is 3. The third-order valence-electron chi connectivity index (χ3n) is 11.7. The van der Waals surface area contributed by atoms with Crippen molar-refractivity contribution in [2.75, 3.05) is 18.1 Å². The molecule has 35 heteroatoms. The van der Waals surface area contributed by atoms with Crippen LogP contribution in [0.1, 0.15) is 62.3 Å². The van der Waals surface area contributed by atoms with Gasteiger partial charge in [0, 0.05) is 35.0 Å². The summed E-state index contributed by atoms with van der Waals surface area (Å²) >= 11 is 7.30. The molecule has 0 unspecified atom stereocenters. The van der Waals surface area contributed by atoms with Gasteiger partial charge in [0.2, 0.25) is 0 Å². The Balaban J connectivity index is -0.000000491. The number of aliphatic hydroxyl groups excluding tert-OH is 1. The molecule has 94 heavy (non-hydrogen) atoms. The quantitative estimate of drug-likeness (QED) is 0.0251. The van der Waals surface area contributed by atoms with Crippen molar-refractivity contribution in [3.63, 3.8) is 0 Å². The number of phenols is 3. The Morgan fingerprint density at radius 1 is 0.404 bits per heavy atom. The highest BCUT2D eigenvalue weighted by molar-refractivity contribution is 7.80. The minimum absolute atomic E-state index is 0.0208. The fraction of sp³-hybridized carbons (Fsp3) is 0.407. The van der Waals surface area contributed by atoms with Crippen LogP contribution in [-0.2, 0) is 68.8 Å². The minimum Gasteiger partial charge on any atom is -0.508 e. The number of fused-ring (bicyclic) bond motifs is 1. The van der Waals surface area contributed by atoms with Crippen molar-refractivity contribution in [2.24, 2.45) is 63.3 Å². The zero-order chi connectivity index (χ0) is 73.5. The molecule has 0 saturated heterocycles. The van der Waals surface area contributed by atoms with Crippen molar-refractivity contribution in [2.45, 2.75) is 126 Å². The highest BCUT2D eigenvalue weighted by atomic mass is 32.1. The van der Waals surface area contributed by atoms with Crippen LogP contribution < -0.4 is 57.3 Å². The molecule has 528 valence electrons. The third-order valence-corrected chi connectivity index (χ3v) is 12.5. The summed E-state index contributed by atoms with van der Waals surface area (Å²) in [7, 11) is 0. The van der Waals surface area contributed by atoms with Gasteiger partial charge in [-0.3, -0.25) is 43.2 Å². The number of hydrogen-bond donors (Lipinski definition) is 26. The third kappa shape index (κ3) is 46.4. The Morgan fingerprint density at radius 2 is 0.702 bits per heavy atom. The number of benzene rings is 4. The Hall–Kier alpha value is -8.69. The maximum atomic E-state index is 10.6. The highest BCUT2D eigenvalue weighted by Crippen LogP contribution is 2.19. The predicted molar refractivity (Wildman–Crippen MR) is 355 cm³/mol. The molecule has 0 fully saturated rings. The van der Waals surface area contributed by atoms with Gasteiger partial charge in [-0.15, -0.1) is 0 Å². The monoisotopic (exact) mass is 1370 g/mol. The standard InChI is InChI=1S/C11H12N2O2.3C9H11NO3.C6H14N2O2.C5H11NO2.C4H9NO3.2C3H7NO2S/c12-9(11(14)15)5-7-6-13-10-4-2-1-3-8(7)10;3*10-8(9(12)13)5-6-1-3-7(11)4-2-6;7-4-2-1-3-5(8)6(9)10;1-3(2)4(6)5(7)8;1-2(6)3(5)4(7)8;2*4-2(1-7)3(5)6/h1-4,6,9,13H,5,12H2,(H,14,15);3*1-4,8,11H,5,10H2,(H,12,13);5H,1-4,7-8H2,(H,9,10);3-4H,6H2,1-2H3,(H,7,8);2-3,6H,5H2,1H3,(H,7,8);2*2,7H,1,4H2,(H,5,6)/t9-;3*8-;5-;4-;2-,3+;2*2-/m110000100/s1. The van der Waals surface area contributed by atoms with Gasteiger partial charge in [0.25, 0.3) is 0 Å². The zero-order valence-corrected chi connectivity index (χ0v) is 53.7. The van der Waals surface area contributed by atoms with Crippen LogP contribution in [-0.4, -0.2) is 204 Å². The van der Waals surface area contributed by atoms with Crippen LogP contribution in [0, 0.1) is 5.92 Å². The van der Waals surface area contributed by atoms with E-state index in [1.54, 1.807) is 50.2 Å². The summed E-state index contributed by atoms with van der Waals surface area (Å²) in [6.07, 6.45) is 4.16. The molecule has 34 N–H and O–H groups in total. The van der Waals surface area contributed by atoms with Gasteiger partial charge in [-0.2, -0.15) is 25.3 Å². The number of aromatic amines is 1. The maximum Gasteiger partial charge on any atom is 0.323 e. The van der Waals surface area contributed by atoms with E-state index in [1.807, 2.05) is 30.5 Å². The van der Waals surface area contributed by atoms with E-state index in [0.717, 1.165) is 46.0 Å². The lowest BCUT2D eigenvalue weighted by Gasteiger charge is -2.07. The summed E-state index contributed by atoms with van der Waals surface area (Å²) in [6.45, 7) is 5.49. The van der Waals surface area contributed by atoms with Crippen LogP contribution in [0.3, 0.4) is 0 Å². The molecule has 10 atom stereocenters. The summed E-state index contributed by atoms with van der Waals surface area (Å²) in [5.74, 6) is -8.21. The average molecular weight is 1370 g/mol. The van der Waals surface area contributed by atoms with Crippen LogP contribution in [0.2, 0.25) is 0 Å². The van der Waals surface area contributed by atoms with Gasteiger partial charge >= 0.3 is 53.7 Å². The first-order valence-corrected chi connectivity index (χ1v) is 29.2. The van der Waals surface area contributed by atoms with Gasteiger partial charge < -0.3 is 129 Å². The summed E-state index contributed by atoms with van der Waals surface area (Å²) in [6, 6.07) is 19.0. The maximum absolute atomic E-state index is 10.6. The number of aliphatic carboxylic acids is 9. The van der Waals surface area contributed by atoms with Crippen molar-refractivity contribution in [1.29, 1.82) is 0 Å². The summed E-state index contributed by atoms with van der Waals surface area (Å²) in [4.78, 5) is 94.4. The topological polar surface area (TPSA) is 693 Å². The van der Waals surface area contributed by atoms with Gasteiger partial charge in [-0.05, 0) is 116 Å². The van der Waals surface area contributed by atoms with E-state index < -0.39 is 114 Å². The number of nitrogens with two attached hydrogens (primary N) is 10. The fourth-order valence-electron chi connectivity index (χ4n) is 5.82. The number of hydrogen-bond acceptors (Lipinski definition) is 25. The van der Waals surface area contributed by atoms with E-state index in [0.29, 0.717) is 19.4 Å². The van der Waals surface area contributed by atoms with Gasteiger partial charge in [0.15, 0.2) is 0 Å². The molecule has 33 nitrogen and oxygen atoms in total. The van der Waals surface area contributed by atoms with E-state index in [1.165, 1.54) is 43.3 Å². The first kappa shape index (κ1) is 91.7. The van der Waals surface area contributed by atoms with E-state index in [-0.39, 0.29) is 53.9 Å². The van der Waals surface area contributed by atoms with Crippen LogP contribution in [0.15, 0.2) is 103 Å². The molecular formula is C59H93N11O22S2. The predicted octanol–water partition coefficient (Wildman–Crippen LogP) is -0.821. The first-order valence-electron chi connectivity index (χ1n) is 28.0. The molecule has 0 amide bonds. The molecule has 1 heterocycles. The number of aliphatic hydroxyl groups is 1. The Kier molecular flexibility index (Phi) is 50.5. The van der Waals surface area contributed by atoms with E-state index >= 15 is 0 Å². The Labute approximate surface area is 552 Å². The molecule has 0 aliphatic heterocycles. The molecule has 0 radical (unpaired) electrons. The number of para-hydroxylation sites is 1. The summed E-state index contributed by atoms with van der Waals surface area (Å²) in [5.41, 5.74) is 56.2. The second kappa shape index (κ2) is 51.8. The molecule has 5 aromatic rings. The number of carboxylic acids is 9. The fourth-order valence-corrected chi connectivity index (χ4v) is 6.14. The lowest BCUT2D eigenvalue weighted by molar-refractivity contribution is -0.141. The first-order chi connectivity index (χ1) is 43.6. The number of aromatic hydroxyl groups is 3. The van der Waals surface area contributed by atoms with Gasteiger partial charge in [0.1, 0.15) is 71.6 Å². The number of rotatable bonds is 25. The van der Waals surface area contributed by atoms with Crippen molar-refractivity contribution < 1.29 is 110 Å². The second-order valence-corrected chi connectivity index (χ2v) is 20.9. The number of thiol groups is 2. The van der Waals surface area contributed by atoms with Crippen LogP contribution in [0.4, 0.5) is 0 Å². The second-order valence-electron chi connectivity index (χ2n) is 20.2. The number of aromatic nitrogens is 1. The highest BCUT2D eigenvalue weighted by Gasteiger charge is 2.18. The summed E-state index contributed by atoms with van der Waals surface area (Å²) in [5, 5.41) is 111. The molecular weight excluding hydrogens is 1280 g/mol. The number of H-pyrrole nitrogens is 1. The van der Waals surface area contributed by atoms with Crippen molar-refractivity contribution in [3.05, 3.63) is 126 Å². The molecule has 0 spiro atoms. The zero-order valence-electron chi connectivity index (χ0n) is 51.9. The van der Waals surface area contributed by atoms with Crippen LogP contribution >= 0.6 is 25.3 Å². The number of nitrogens with one attached hydrogen (secondary N) is 1. The summed E-state index contributed by atoms with van der Waals surface area (Å²) < 4.78 is 0. The van der Waals surface area contributed by atoms with Crippen molar-refractivity contribution >= 4 is 89.9 Å². The Morgan fingerprint density at radius 3 is 0.926 bits per heavy atom. The average Bonchev–Trinajstić information content (AvgIpc) is 1.70.